The summed E-state index contributed by atoms with van der Waals surface area (Å²) in [6, 6.07) is 5.50. The van der Waals surface area contributed by atoms with Crippen molar-refractivity contribution in [2.45, 2.75) is 33.7 Å². The van der Waals surface area contributed by atoms with Crippen LogP contribution >= 0.6 is 0 Å². The third kappa shape index (κ3) is 5.88. The lowest BCUT2D eigenvalue weighted by Crippen LogP contribution is -2.46. The third-order valence-corrected chi connectivity index (χ3v) is 4.48. The molecule has 1 fully saturated rings. The number of hydrogen-bond acceptors (Lipinski definition) is 3. The SMILES string of the molecule is CCCNC(=NCc1ccc(N2CCN(CC)CC2)c(F)c1)NCC. The second kappa shape index (κ2) is 10.2. The minimum atomic E-state index is -0.149. The van der Waals surface area contributed by atoms with Gasteiger partial charge < -0.3 is 20.4 Å². The van der Waals surface area contributed by atoms with Crippen LogP contribution in [0, 0.1) is 5.82 Å². The van der Waals surface area contributed by atoms with Gasteiger partial charge in [-0.25, -0.2) is 9.38 Å². The molecule has 1 aromatic carbocycles. The third-order valence-electron chi connectivity index (χ3n) is 4.48. The quantitative estimate of drug-likeness (QED) is 0.586. The second-order valence-corrected chi connectivity index (χ2v) is 6.33. The topological polar surface area (TPSA) is 42.9 Å². The molecule has 2 rings (SSSR count). The summed E-state index contributed by atoms with van der Waals surface area (Å²) in [4.78, 5) is 9.07. The Bertz CT molecular complexity index is 553. The van der Waals surface area contributed by atoms with Crippen LogP contribution in [0.4, 0.5) is 10.1 Å². The van der Waals surface area contributed by atoms with Gasteiger partial charge in [-0.15, -0.1) is 0 Å². The maximum atomic E-state index is 14.6. The molecule has 25 heavy (non-hydrogen) atoms. The summed E-state index contributed by atoms with van der Waals surface area (Å²) >= 11 is 0. The van der Waals surface area contributed by atoms with E-state index in [0.29, 0.717) is 12.2 Å². The molecular formula is C19H32FN5. The first-order valence-corrected chi connectivity index (χ1v) is 9.45. The molecule has 1 aliphatic rings. The molecule has 0 bridgehead atoms. The van der Waals surface area contributed by atoms with E-state index in [1.807, 2.05) is 19.1 Å². The van der Waals surface area contributed by atoms with E-state index >= 15 is 0 Å². The van der Waals surface area contributed by atoms with Crippen LogP contribution in [0.3, 0.4) is 0 Å². The number of rotatable bonds is 7. The van der Waals surface area contributed by atoms with E-state index in [1.165, 1.54) is 0 Å². The molecule has 1 heterocycles. The number of anilines is 1. The minimum absolute atomic E-state index is 0.149. The number of hydrogen-bond donors (Lipinski definition) is 2. The zero-order chi connectivity index (χ0) is 18.1. The molecule has 0 atom stereocenters. The first-order chi connectivity index (χ1) is 12.2. The van der Waals surface area contributed by atoms with Gasteiger partial charge in [-0.1, -0.05) is 19.9 Å². The molecule has 1 aromatic rings. The van der Waals surface area contributed by atoms with Gasteiger partial charge in [-0.2, -0.15) is 0 Å². The zero-order valence-corrected chi connectivity index (χ0v) is 15.8. The lowest BCUT2D eigenvalue weighted by atomic mass is 10.1. The van der Waals surface area contributed by atoms with Crippen LogP contribution in [0.1, 0.15) is 32.8 Å². The number of halogens is 1. The van der Waals surface area contributed by atoms with Crippen molar-refractivity contribution in [1.82, 2.24) is 15.5 Å². The zero-order valence-electron chi connectivity index (χ0n) is 15.8. The predicted molar refractivity (Wildman–Crippen MR) is 104 cm³/mol. The first kappa shape index (κ1) is 19.5. The summed E-state index contributed by atoms with van der Waals surface area (Å²) < 4.78 is 14.6. The van der Waals surface area contributed by atoms with Crippen LogP contribution in [-0.2, 0) is 6.54 Å². The molecular weight excluding hydrogens is 317 g/mol. The molecule has 0 amide bonds. The van der Waals surface area contributed by atoms with Gasteiger partial charge in [0.05, 0.1) is 12.2 Å². The van der Waals surface area contributed by atoms with Crippen molar-refractivity contribution in [2.75, 3.05) is 50.7 Å². The molecule has 140 valence electrons. The van der Waals surface area contributed by atoms with E-state index in [4.69, 9.17) is 0 Å². The first-order valence-electron chi connectivity index (χ1n) is 9.45. The van der Waals surface area contributed by atoms with E-state index in [9.17, 15) is 4.39 Å². The Kier molecular flexibility index (Phi) is 7.98. The molecule has 0 aromatic heterocycles. The molecule has 0 spiro atoms. The van der Waals surface area contributed by atoms with Crippen molar-refractivity contribution in [1.29, 1.82) is 0 Å². The minimum Gasteiger partial charge on any atom is -0.367 e. The van der Waals surface area contributed by atoms with E-state index in [-0.39, 0.29) is 5.82 Å². The highest BCUT2D eigenvalue weighted by molar-refractivity contribution is 5.79. The number of aliphatic imine (C=N–C) groups is 1. The average molecular weight is 349 g/mol. The lowest BCUT2D eigenvalue weighted by Gasteiger charge is -2.35. The van der Waals surface area contributed by atoms with Crippen LogP contribution in [0.5, 0.6) is 0 Å². The fourth-order valence-electron chi connectivity index (χ4n) is 2.97. The van der Waals surface area contributed by atoms with Crippen LogP contribution in [0.25, 0.3) is 0 Å². The fraction of sp³-hybridized carbons (Fsp3) is 0.632. The Morgan fingerprint density at radius 2 is 1.88 bits per heavy atom. The normalized spacial score (nSPS) is 16.2. The van der Waals surface area contributed by atoms with E-state index in [2.05, 4.69) is 39.3 Å². The molecule has 1 saturated heterocycles. The molecule has 5 nitrogen and oxygen atoms in total. The summed E-state index contributed by atoms with van der Waals surface area (Å²) in [6.45, 7) is 13.3. The monoisotopic (exact) mass is 349 g/mol. The van der Waals surface area contributed by atoms with Crippen molar-refractivity contribution in [2.24, 2.45) is 4.99 Å². The molecule has 0 radical (unpaired) electrons. The molecule has 0 saturated carbocycles. The highest BCUT2D eigenvalue weighted by Crippen LogP contribution is 2.22. The molecule has 0 aliphatic carbocycles. The summed E-state index contributed by atoms with van der Waals surface area (Å²) in [5.41, 5.74) is 1.60. The van der Waals surface area contributed by atoms with Gasteiger partial charge in [-0.05, 0) is 37.6 Å². The Morgan fingerprint density at radius 1 is 1.12 bits per heavy atom. The number of guanidine groups is 1. The van der Waals surface area contributed by atoms with Gasteiger partial charge >= 0.3 is 0 Å². The smallest absolute Gasteiger partial charge is 0.191 e. The fourth-order valence-corrected chi connectivity index (χ4v) is 2.97. The van der Waals surface area contributed by atoms with Gasteiger partial charge in [0.1, 0.15) is 5.82 Å². The molecule has 6 heteroatoms. The van der Waals surface area contributed by atoms with Crippen molar-refractivity contribution in [3.8, 4) is 0 Å². The van der Waals surface area contributed by atoms with Gasteiger partial charge in [-0.3, -0.25) is 0 Å². The standard InChI is InChI=1S/C19H32FN5/c1-4-9-22-19(21-5-2)23-15-16-7-8-18(17(20)14-16)25-12-10-24(6-3)11-13-25/h7-8,14H,4-6,9-13,15H2,1-3H3,(H2,21,22,23). The molecule has 0 unspecified atom stereocenters. The summed E-state index contributed by atoms with van der Waals surface area (Å²) in [5, 5.41) is 6.47. The van der Waals surface area contributed by atoms with Crippen molar-refractivity contribution in [3.63, 3.8) is 0 Å². The van der Waals surface area contributed by atoms with Gasteiger partial charge in [0.25, 0.3) is 0 Å². The van der Waals surface area contributed by atoms with Gasteiger partial charge in [0, 0.05) is 39.3 Å². The number of piperazine rings is 1. The lowest BCUT2D eigenvalue weighted by molar-refractivity contribution is 0.270. The largest absolute Gasteiger partial charge is 0.367 e. The Balaban J connectivity index is 1.98. The van der Waals surface area contributed by atoms with Gasteiger partial charge in [0.2, 0.25) is 0 Å². The summed E-state index contributed by atoms with van der Waals surface area (Å²) in [7, 11) is 0. The number of nitrogens with one attached hydrogen (secondary N) is 2. The summed E-state index contributed by atoms with van der Waals surface area (Å²) in [5.74, 6) is 0.633. The Labute approximate surface area is 151 Å². The van der Waals surface area contributed by atoms with E-state index in [1.54, 1.807) is 6.07 Å². The van der Waals surface area contributed by atoms with E-state index < -0.39 is 0 Å². The number of likely N-dealkylation sites (N-methyl/N-ethyl adjacent to an activating group) is 1. The maximum Gasteiger partial charge on any atom is 0.191 e. The van der Waals surface area contributed by atoms with Crippen LogP contribution in [-0.4, -0.2) is 56.7 Å². The number of benzene rings is 1. The van der Waals surface area contributed by atoms with E-state index in [0.717, 1.165) is 63.8 Å². The second-order valence-electron chi connectivity index (χ2n) is 6.33. The molecule has 2 N–H and O–H groups in total. The van der Waals surface area contributed by atoms with Crippen LogP contribution < -0.4 is 15.5 Å². The highest BCUT2D eigenvalue weighted by Gasteiger charge is 2.18. The predicted octanol–water partition coefficient (Wildman–Crippen LogP) is 2.43. The van der Waals surface area contributed by atoms with Crippen LogP contribution in [0.15, 0.2) is 23.2 Å². The number of nitrogens with zero attached hydrogens (tertiary/aromatic N) is 3. The Morgan fingerprint density at radius 3 is 2.48 bits per heavy atom. The highest BCUT2D eigenvalue weighted by atomic mass is 19.1. The van der Waals surface area contributed by atoms with Crippen LogP contribution in [0.2, 0.25) is 0 Å². The van der Waals surface area contributed by atoms with Crippen molar-refractivity contribution in [3.05, 3.63) is 29.6 Å². The van der Waals surface area contributed by atoms with Crippen molar-refractivity contribution < 1.29 is 4.39 Å². The van der Waals surface area contributed by atoms with Gasteiger partial charge in [0.15, 0.2) is 5.96 Å². The van der Waals surface area contributed by atoms with Crippen molar-refractivity contribution >= 4 is 11.6 Å². The molecule has 1 aliphatic heterocycles. The summed E-state index contributed by atoms with van der Waals surface area (Å²) in [6.07, 6.45) is 1.04. The Hall–Kier alpha value is -1.82. The average Bonchev–Trinajstić information content (AvgIpc) is 2.64. The maximum absolute atomic E-state index is 14.6.